The summed E-state index contributed by atoms with van der Waals surface area (Å²) in [5.41, 5.74) is -0.0837. The van der Waals surface area contributed by atoms with Gasteiger partial charge >= 0.3 is 6.03 Å². The summed E-state index contributed by atoms with van der Waals surface area (Å²) in [6.45, 7) is 3.26. The number of piperidine rings is 1. The molecule has 6 heteroatoms. The Bertz CT molecular complexity index is 470. The van der Waals surface area contributed by atoms with Crippen LogP contribution < -0.4 is 5.32 Å². The second-order valence-corrected chi connectivity index (χ2v) is 4.88. The number of amides is 2. The Kier molecular flexibility index (Phi) is 3.97. The lowest BCUT2D eigenvalue weighted by molar-refractivity contribution is 0.182. The van der Waals surface area contributed by atoms with Gasteiger partial charge in [0.15, 0.2) is 17.5 Å². The van der Waals surface area contributed by atoms with Crippen LogP contribution in [0, 0.1) is 23.4 Å². The Balaban J connectivity index is 2.06. The van der Waals surface area contributed by atoms with Crippen LogP contribution in [0.2, 0.25) is 0 Å². The summed E-state index contributed by atoms with van der Waals surface area (Å²) in [6.07, 6.45) is 1.96. The predicted octanol–water partition coefficient (Wildman–Crippen LogP) is 3.37. The van der Waals surface area contributed by atoms with Crippen molar-refractivity contribution in [3.05, 3.63) is 29.6 Å². The number of rotatable bonds is 1. The predicted molar refractivity (Wildman–Crippen MR) is 65.3 cm³/mol. The van der Waals surface area contributed by atoms with Crippen LogP contribution >= 0.6 is 0 Å². The lowest BCUT2D eigenvalue weighted by atomic mass is 10.0. The third-order valence-electron chi connectivity index (χ3n) is 3.18. The highest BCUT2D eigenvalue weighted by atomic mass is 19.2. The molecule has 1 N–H and O–H groups in total. The summed E-state index contributed by atoms with van der Waals surface area (Å²) in [6, 6.07) is 1.12. The molecule has 1 aliphatic heterocycles. The minimum atomic E-state index is -1.54. The van der Waals surface area contributed by atoms with Crippen molar-refractivity contribution in [1.82, 2.24) is 4.90 Å². The van der Waals surface area contributed by atoms with E-state index in [0.29, 0.717) is 19.0 Å². The van der Waals surface area contributed by atoms with Crippen molar-refractivity contribution in [2.45, 2.75) is 19.8 Å². The second-order valence-electron chi connectivity index (χ2n) is 4.88. The molecule has 2 amide bonds. The molecule has 0 aromatic heterocycles. The maximum Gasteiger partial charge on any atom is 0.321 e. The van der Waals surface area contributed by atoms with Crippen molar-refractivity contribution in [3.8, 4) is 0 Å². The second kappa shape index (κ2) is 5.50. The SMILES string of the molecule is CC1CCCN(C(=O)Nc2cc(F)c(F)c(F)c2)C1. The summed E-state index contributed by atoms with van der Waals surface area (Å²) in [5.74, 6) is -3.77. The zero-order chi connectivity index (χ0) is 14.0. The zero-order valence-corrected chi connectivity index (χ0v) is 10.5. The van der Waals surface area contributed by atoms with Crippen molar-refractivity contribution in [2.24, 2.45) is 5.92 Å². The van der Waals surface area contributed by atoms with E-state index < -0.39 is 23.5 Å². The molecule has 1 aliphatic rings. The van der Waals surface area contributed by atoms with Crippen LogP contribution in [-0.4, -0.2) is 24.0 Å². The van der Waals surface area contributed by atoms with E-state index in [1.807, 2.05) is 6.92 Å². The van der Waals surface area contributed by atoms with E-state index in [2.05, 4.69) is 5.32 Å². The molecule has 1 heterocycles. The molecule has 3 nitrogen and oxygen atoms in total. The molecule has 1 aromatic rings. The van der Waals surface area contributed by atoms with E-state index in [4.69, 9.17) is 0 Å². The van der Waals surface area contributed by atoms with Crippen molar-refractivity contribution >= 4 is 11.7 Å². The fourth-order valence-corrected chi connectivity index (χ4v) is 2.20. The van der Waals surface area contributed by atoms with E-state index in [0.717, 1.165) is 25.0 Å². The van der Waals surface area contributed by atoms with Crippen LogP contribution in [-0.2, 0) is 0 Å². The zero-order valence-electron chi connectivity index (χ0n) is 10.5. The van der Waals surface area contributed by atoms with Gasteiger partial charge in [0.05, 0.1) is 0 Å². The van der Waals surface area contributed by atoms with Gasteiger partial charge in [-0.15, -0.1) is 0 Å². The quantitative estimate of drug-likeness (QED) is 0.781. The van der Waals surface area contributed by atoms with E-state index in [-0.39, 0.29) is 5.69 Å². The first-order valence-electron chi connectivity index (χ1n) is 6.18. The van der Waals surface area contributed by atoms with Gasteiger partial charge in [-0.05, 0) is 18.8 Å². The molecule has 0 radical (unpaired) electrons. The van der Waals surface area contributed by atoms with Gasteiger partial charge in [0.2, 0.25) is 0 Å². The topological polar surface area (TPSA) is 32.3 Å². The number of hydrogen-bond donors (Lipinski definition) is 1. The largest absolute Gasteiger partial charge is 0.324 e. The Morgan fingerprint density at radius 3 is 2.53 bits per heavy atom. The summed E-state index contributed by atoms with van der Waals surface area (Å²) >= 11 is 0. The molecule has 1 saturated heterocycles. The molecular weight excluding hydrogens is 257 g/mol. The molecule has 0 aliphatic carbocycles. The number of halogens is 3. The first-order valence-corrected chi connectivity index (χ1v) is 6.18. The van der Waals surface area contributed by atoms with Crippen LogP contribution in [0.5, 0.6) is 0 Å². The lowest BCUT2D eigenvalue weighted by Crippen LogP contribution is -2.41. The summed E-state index contributed by atoms with van der Waals surface area (Å²) in [7, 11) is 0. The minimum Gasteiger partial charge on any atom is -0.324 e. The number of anilines is 1. The monoisotopic (exact) mass is 272 g/mol. The summed E-state index contributed by atoms with van der Waals surface area (Å²) < 4.78 is 38.8. The number of carbonyl (C=O) groups is 1. The van der Waals surface area contributed by atoms with Crippen molar-refractivity contribution in [3.63, 3.8) is 0 Å². The third kappa shape index (κ3) is 3.19. The van der Waals surface area contributed by atoms with E-state index >= 15 is 0 Å². The Hall–Kier alpha value is -1.72. The molecule has 1 atom stereocenters. The highest BCUT2D eigenvalue weighted by Crippen LogP contribution is 2.20. The van der Waals surface area contributed by atoms with Gasteiger partial charge in [0.1, 0.15) is 0 Å². The van der Waals surface area contributed by atoms with E-state index in [1.54, 1.807) is 4.90 Å². The molecule has 0 spiro atoms. The number of nitrogens with one attached hydrogen (secondary N) is 1. The van der Waals surface area contributed by atoms with Gasteiger partial charge in [-0.25, -0.2) is 18.0 Å². The molecule has 2 rings (SSSR count). The van der Waals surface area contributed by atoms with Gasteiger partial charge < -0.3 is 10.2 Å². The number of hydrogen-bond acceptors (Lipinski definition) is 1. The van der Waals surface area contributed by atoms with Crippen LogP contribution in [0.3, 0.4) is 0 Å². The van der Waals surface area contributed by atoms with Gasteiger partial charge in [-0.1, -0.05) is 6.92 Å². The molecule has 1 fully saturated rings. The normalized spacial score (nSPS) is 19.4. The fourth-order valence-electron chi connectivity index (χ4n) is 2.20. The number of benzene rings is 1. The van der Waals surface area contributed by atoms with Gasteiger partial charge in [0.25, 0.3) is 0 Å². The minimum absolute atomic E-state index is 0.0837. The average Bonchev–Trinajstić information content (AvgIpc) is 2.36. The maximum atomic E-state index is 13.0. The molecular formula is C13H15F3N2O. The molecule has 104 valence electrons. The van der Waals surface area contributed by atoms with Crippen LogP contribution in [0.25, 0.3) is 0 Å². The van der Waals surface area contributed by atoms with Crippen LogP contribution in [0.1, 0.15) is 19.8 Å². The summed E-state index contributed by atoms with van der Waals surface area (Å²) in [5, 5.41) is 2.38. The molecule has 1 aromatic carbocycles. The lowest BCUT2D eigenvalue weighted by Gasteiger charge is -2.30. The summed E-state index contributed by atoms with van der Waals surface area (Å²) in [4.78, 5) is 13.5. The van der Waals surface area contributed by atoms with E-state index in [1.165, 1.54) is 0 Å². The Morgan fingerprint density at radius 2 is 1.95 bits per heavy atom. The fraction of sp³-hybridized carbons (Fsp3) is 0.462. The number of urea groups is 1. The third-order valence-corrected chi connectivity index (χ3v) is 3.18. The molecule has 19 heavy (non-hydrogen) atoms. The van der Waals surface area contributed by atoms with Crippen molar-refractivity contribution < 1.29 is 18.0 Å². The van der Waals surface area contributed by atoms with Crippen LogP contribution in [0.15, 0.2) is 12.1 Å². The first kappa shape index (κ1) is 13.7. The molecule has 1 unspecified atom stereocenters. The maximum absolute atomic E-state index is 13.0. The van der Waals surface area contributed by atoms with Crippen LogP contribution in [0.4, 0.5) is 23.7 Å². The smallest absolute Gasteiger partial charge is 0.321 e. The molecule has 0 saturated carbocycles. The van der Waals surface area contributed by atoms with E-state index in [9.17, 15) is 18.0 Å². The Labute approximate surface area is 109 Å². The van der Waals surface area contributed by atoms with Gasteiger partial charge in [-0.3, -0.25) is 0 Å². The molecule has 0 bridgehead atoms. The van der Waals surface area contributed by atoms with Gasteiger partial charge in [0, 0.05) is 30.9 Å². The van der Waals surface area contributed by atoms with Crippen molar-refractivity contribution in [2.75, 3.05) is 18.4 Å². The average molecular weight is 272 g/mol. The number of nitrogens with zero attached hydrogens (tertiary/aromatic N) is 1. The highest BCUT2D eigenvalue weighted by molar-refractivity contribution is 5.89. The van der Waals surface area contributed by atoms with Gasteiger partial charge in [-0.2, -0.15) is 0 Å². The first-order chi connectivity index (χ1) is 8.97. The number of likely N-dealkylation sites (tertiary alicyclic amines) is 1. The standard InChI is InChI=1S/C13H15F3N2O/c1-8-3-2-4-18(7-8)13(19)17-9-5-10(14)12(16)11(15)6-9/h5-6,8H,2-4,7H2,1H3,(H,17,19). The number of carbonyl (C=O) groups excluding carboxylic acids is 1. The highest BCUT2D eigenvalue weighted by Gasteiger charge is 2.21. The van der Waals surface area contributed by atoms with Crippen molar-refractivity contribution in [1.29, 1.82) is 0 Å². The Morgan fingerprint density at radius 1 is 1.32 bits per heavy atom.